The Morgan fingerprint density at radius 2 is 2.00 bits per heavy atom. The van der Waals surface area contributed by atoms with Crippen LogP contribution in [0.25, 0.3) is 5.82 Å². The molecule has 23 heavy (non-hydrogen) atoms. The van der Waals surface area contributed by atoms with Crippen LogP contribution in [-0.4, -0.2) is 19.9 Å². The summed E-state index contributed by atoms with van der Waals surface area (Å²) in [6.07, 6.45) is 1.74. The predicted molar refractivity (Wildman–Crippen MR) is 81.7 cm³/mol. The van der Waals surface area contributed by atoms with Gasteiger partial charge in [-0.3, -0.25) is 0 Å². The van der Waals surface area contributed by atoms with Crippen molar-refractivity contribution in [3.05, 3.63) is 65.5 Å². The molecular weight excluding hydrogens is 302 g/mol. The maximum absolute atomic E-state index is 13.7. The van der Waals surface area contributed by atoms with Gasteiger partial charge in [-0.25, -0.2) is 18.4 Å². The number of aliphatic hydroxyl groups excluding tert-OH is 1. The van der Waals surface area contributed by atoms with Gasteiger partial charge in [0.1, 0.15) is 17.5 Å². The van der Waals surface area contributed by atoms with Gasteiger partial charge in [-0.05, 0) is 42.8 Å². The number of aryl methyl sites for hydroxylation is 1. The van der Waals surface area contributed by atoms with Crippen molar-refractivity contribution in [3.63, 3.8) is 0 Å². The highest BCUT2D eigenvalue weighted by molar-refractivity contribution is 5.58. The fraction of sp³-hybridized carbons (Fsp3) is 0.125. The smallest absolute Gasteiger partial charge is 0.156 e. The second kappa shape index (κ2) is 6.13. The molecule has 0 unspecified atom stereocenters. The third kappa shape index (κ3) is 3.35. The van der Waals surface area contributed by atoms with Crippen LogP contribution in [0.3, 0.4) is 0 Å². The van der Waals surface area contributed by atoms with Crippen LogP contribution in [0.15, 0.2) is 42.6 Å². The molecule has 7 heteroatoms. The molecule has 0 amide bonds. The fourth-order valence-corrected chi connectivity index (χ4v) is 2.12. The first-order valence-corrected chi connectivity index (χ1v) is 6.92. The van der Waals surface area contributed by atoms with Gasteiger partial charge >= 0.3 is 0 Å². The van der Waals surface area contributed by atoms with Crippen LogP contribution in [0.4, 0.5) is 20.3 Å². The molecule has 3 rings (SSSR count). The Balaban J connectivity index is 1.98. The van der Waals surface area contributed by atoms with E-state index in [0.717, 1.165) is 17.8 Å². The molecule has 2 aromatic heterocycles. The Kier molecular flexibility index (Phi) is 4.03. The van der Waals surface area contributed by atoms with Gasteiger partial charge in [0.25, 0.3) is 0 Å². The number of aliphatic hydroxyl groups is 1. The van der Waals surface area contributed by atoms with Crippen LogP contribution in [0.5, 0.6) is 0 Å². The van der Waals surface area contributed by atoms with Gasteiger partial charge in [0, 0.05) is 12.3 Å². The molecule has 0 radical (unpaired) electrons. The van der Waals surface area contributed by atoms with Crippen molar-refractivity contribution in [1.82, 2.24) is 14.8 Å². The van der Waals surface area contributed by atoms with E-state index in [2.05, 4.69) is 15.4 Å². The lowest BCUT2D eigenvalue weighted by Crippen LogP contribution is -2.04. The van der Waals surface area contributed by atoms with Crippen molar-refractivity contribution in [2.75, 3.05) is 5.32 Å². The quantitative estimate of drug-likeness (QED) is 0.776. The largest absolute Gasteiger partial charge is 0.392 e. The van der Waals surface area contributed by atoms with Crippen molar-refractivity contribution in [2.24, 2.45) is 0 Å². The summed E-state index contributed by atoms with van der Waals surface area (Å²) in [5.74, 6) is -0.574. The number of rotatable bonds is 4. The van der Waals surface area contributed by atoms with Crippen LogP contribution in [0, 0.1) is 18.6 Å². The average Bonchev–Trinajstić information content (AvgIpc) is 2.96. The minimum Gasteiger partial charge on any atom is -0.392 e. The van der Waals surface area contributed by atoms with E-state index in [9.17, 15) is 13.9 Å². The van der Waals surface area contributed by atoms with Gasteiger partial charge < -0.3 is 10.4 Å². The molecule has 2 heterocycles. The molecule has 118 valence electrons. The van der Waals surface area contributed by atoms with Gasteiger partial charge in [-0.15, -0.1) is 0 Å². The van der Waals surface area contributed by atoms with Crippen molar-refractivity contribution in [3.8, 4) is 5.82 Å². The SMILES string of the molecule is Cc1ccn(-c2cc(CO)cc(Nc3ccc(F)cc3F)n2)n1. The zero-order chi connectivity index (χ0) is 16.4. The van der Waals surface area contributed by atoms with Gasteiger partial charge in [0.15, 0.2) is 5.82 Å². The van der Waals surface area contributed by atoms with Crippen LogP contribution in [0.2, 0.25) is 0 Å². The van der Waals surface area contributed by atoms with Gasteiger partial charge in [0.05, 0.1) is 18.0 Å². The topological polar surface area (TPSA) is 63.0 Å². The first-order chi connectivity index (χ1) is 11.0. The summed E-state index contributed by atoms with van der Waals surface area (Å²) >= 11 is 0. The van der Waals surface area contributed by atoms with Gasteiger partial charge in [-0.1, -0.05) is 0 Å². The standard InChI is InChI=1S/C16H14F2N4O/c1-10-4-5-22(21-10)16-7-11(9-23)6-15(20-16)19-14-3-2-12(17)8-13(14)18/h2-8,23H,9H2,1H3,(H,19,20). The molecule has 0 bridgehead atoms. The van der Waals surface area contributed by atoms with E-state index < -0.39 is 11.6 Å². The number of anilines is 2. The third-order valence-electron chi connectivity index (χ3n) is 3.21. The zero-order valence-electron chi connectivity index (χ0n) is 12.3. The van der Waals surface area contributed by atoms with Crippen molar-refractivity contribution in [2.45, 2.75) is 13.5 Å². The van der Waals surface area contributed by atoms with E-state index >= 15 is 0 Å². The lowest BCUT2D eigenvalue weighted by molar-refractivity contribution is 0.281. The number of aromatic nitrogens is 3. The molecule has 2 N–H and O–H groups in total. The average molecular weight is 316 g/mol. The molecule has 1 aromatic carbocycles. The van der Waals surface area contributed by atoms with E-state index in [0.29, 0.717) is 17.2 Å². The maximum Gasteiger partial charge on any atom is 0.156 e. The highest BCUT2D eigenvalue weighted by Crippen LogP contribution is 2.21. The maximum atomic E-state index is 13.7. The normalized spacial score (nSPS) is 10.8. The van der Waals surface area contributed by atoms with E-state index in [1.807, 2.05) is 13.0 Å². The molecule has 0 aliphatic heterocycles. The first-order valence-electron chi connectivity index (χ1n) is 6.92. The van der Waals surface area contributed by atoms with Crippen LogP contribution in [0.1, 0.15) is 11.3 Å². The van der Waals surface area contributed by atoms with E-state index in [-0.39, 0.29) is 12.3 Å². The molecule has 0 fully saturated rings. The second-order valence-corrected chi connectivity index (χ2v) is 5.03. The summed E-state index contributed by atoms with van der Waals surface area (Å²) in [5, 5.41) is 16.4. The van der Waals surface area contributed by atoms with Crippen molar-refractivity contribution >= 4 is 11.5 Å². The Bertz CT molecular complexity index is 848. The summed E-state index contributed by atoms with van der Waals surface area (Å²) in [7, 11) is 0. The molecule has 0 aliphatic carbocycles. The summed E-state index contributed by atoms with van der Waals surface area (Å²) in [6.45, 7) is 1.65. The van der Waals surface area contributed by atoms with Crippen LogP contribution in [-0.2, 0) is 6.61 Å². The first kappa shape index (κ1) is 15.1. The number of hydrogen-bond acceptors (Lipinski definition) is 4. The molecular formula is C16H14F2N4O. The molecule has 0 aliphatic rings. The number of benzene rings is 1. The van der Waals surface area contributed by atoms with Gasteiger partial charge in [-0.2, -0.15) is 5.10 Å². The fourth-order valence-electron chi connectivity index (χ4n) is 2.12. The molecule has 0 spiro atoms. The number of pyridine rings is 1. The Morgan fingerprint density at radius 1 is 1.17 bits per heavy atom. The second-order valence-electron chi connectivity index (χ2n) is 5.03. The number of nitrogens with one attached hydrogen (secondary N) is 1. The highest BCUT2D eigenvalue weighted by atomic mass is 19.1. The summed E-state index contributed by atoms with van der Waals surface area (Å²) < 4.78 is 28.3. The van der Waals surface area contributed by atoms with E-state index in [4.69, 9.17) is 0 Å². The minimum absolute atomic E-state index is 0.0941. The highest BCUT2D eigenvalue weighted by Gasteiger charge is 2.09. The summed E-state index contributed by atoms with van der Waals surface area (Å²) in [4.78, 5) is 4.34. The van der Waals surface area contributed by atoms with Crippen molar-refractivity contribution < 1.29 is 13.9 Å². The van der Waals surface area contributed by atoms with E-state index in [1.54, 1.807) is 23.0 Å². The summed E-state index contributed by atoms with van der Waals surface area (Å²) in [5.41, 5.74) is 1.50. The Labute approximate surface area is 131 Å². The molecule has 0 saturated carbocycles. The number of nitrogens with zero attached hydrogens (tertiary/aromatic N) is 3. The van der Waals surface area contributed by atoms with Crippen LogP contribution < -0.4 is 5.32 Å². The number of halogens is 2. The Morgan fingerprint density at radius 3 is 2.65 bits per heavy atom. The molecule has 5 nitrogen and oxygen atoms in total. The van der Waals surface area contributed by atoms with Gasteiger partial charge in [0.2, 0.25) is 0 Å². The number of hydrogen-bond donors (Lipinski definition) is 2. The minimum atomic E-state index is -0.724. The Hall–Kier alpha value is -2.80. The summed E-state index contributed by atoms with van der Waals surface area (Å²) in [6, 6.07) is 8.31. The predicted octanol–water partition coefficient (Wildman–Crippen LogP) is 3.09. The third-order valence-corrected chi connectivity index (χ3v) is 3.21. The van der Waals surface area contributed by atoms with Crippen LogP contribution >= 0.6 is 0 Å². The lowest BCUT2D eigenvalue weighted by Gasteiger charge is -2.10. The lowest BCUT2D eigenvalue weighted by atomic mass is 10.2. The van der Waals surface area contributed by atoms with E-state index in [1.165, 1.54) is 6.07 Å². The molecule has 0 saturated heterocycles. The van der Waals surface area contributed by atoms with Crippen molar-refractivity contribution in [1.29, 1.82) is 0 Å². The zero-order valence-corrected chi connectivity index (χ0v) is 12.3. The molecule has 3 aromatic rings. The monoisotopic (exact) mass is 316 g/mol. The molecule has 0 atom stereocenters.